The summed E-state index contributed by atoms with van der Waals surface area (Å²) >= 11 is 0. The minimum Gasteiger partial charge on any atom is -0.464 e. The van der Waals surface area contributed by atoms with E-state index in [9.17, 15) is 19.7 Å². The number of esters is 1. The number of ether oxygens (including phenoxy) is 2. The maximum Gasteiger partial charge on any atom is 0.411 e. The van der Waals surface area contributed by atoms with Gasteiger partial charge in [0.05, 0.1) is 12.5 Å². The third-order valence-corrected chi connectivity index (χ3v) is 6.07. The average Bonchev–Trinajstić information content (AvgIpc) is 3.02. The molecule has 1 amide bonds. The van der Waals surface area contributed by atoms with Crippen LogP contribution in [0.2, 0.25) is 0 Å². The summed E-state index contributed by atoms with van der Waals surface area (Å²) in [5, 5.41) is 12.3. The molecule has 0 N–H and O–H groups in total. The highest BCUT2D eigenvalue weighted by atomic mass is 16.6. The van der Waals surface area contributed by atoms with Gasteiger partial charge in [-0.2, -0.15) is 0 Å². The van der Waals surface area contributed by atoms with Crippen LogP contribution in [0.25, 0.3) is 0 Å². The van der Waals surface area contributed by atoms with E-state index >= 15 is 0 Å². The minimum absolute atomic E-state index is 0.122. The van der Waals surface area contributed by atoms with Gasteiger partial charge >= 0.3 is 12.1 Å². The molecule has 0 radical (unpaired) electrons. The van der Waals surface area contributed by atoms with Crippen LogP contribution >= 0.6 is 0 Å². The summed E-state index contributed by atoms with van der Waals surface area (Å²) < 4.78 is 10.9. The SMILES string of the molecule is CCOC(=O)[C@H]1[C@H](C(C)(C)C)[C@@H]([N+](=O)[O-])[C@@H](c2ccccc2)N1C(=O)OC1CCC1. The van der Waals surface area contributed by atoms with Crippen LogP contribution in [0.1, 0.15) is 58.6 Å². The molecule has 1 aliphatic carbocycles. The van der Waals surface area contributed by atoms with E-state index < -0.39 is 41.5 Å². The van der Waals surface area contributed by atoms with Crippen molar-refractivity contribution in [1.82, 2.24) is 4.90 Å². The molecule has 0 bridgehead atoms. The Balaban J connectivity index is 2.14. The summed E-state index contributed by atoms with van der Waals surface area (Å²) in [5.41, 5.74) is -0.0287. The Labute approximate surface area is 176 Å². The molecule has 8 heteroatoms. The topological polar surface area (TPSA) is 99.0 Å². The highest BCUT2D eigenvalue weighted by molar-refractivity contribution is 5.83. The van der Waals surface area contributed by atoms with Gasteiger partial charge in [-0.1, -0.05) is 51.1 Å². The van der Waals surface area contributed by atoms with E-state index in [1.165, 1.54) is 4.90 Å². The van der Waals surface area contributed by atoms with E-state index in [2.05, 4.69) is 0 Å². The van der Waals surface area contributed by atoms with Crippen LogP contribution in [0.3, 0.4) is 0 Å². The quantitative estimate of drug-likeness (QED) is 0.408. The number of likely N-dealkylation sites (tertiary alicyclic amines) is 1. The fourth-order valence-electron chi connectivity index (χ4n) is 4.54. The molecule has 1 heterocycles. The molecule has 1 aromatic carbocycles. The Morgan fingerprint density at radius 2 is 1.83 bits per heavy atom. The molecule has 1 saturated heterocycles. The molecule has 1 aromatic rings. The zero-order valence-corrected chi connectivity index (χ0v) is 17.9. The van der Waals surface area contributed by atoms with Gasteiger partial charge in [-0.25, -0.2) is 9.59 Å². The van der Waals surface area contributed by atoms with Gasteiger partial charge in [-0.3, -0.25) is 15.0 Å². The van der Waals surface area contributed by atoms with Crippen LogP contribution in [0.5, 0.6) is 0 Å². The van der Waals surface area contributed by atoms with Crippen molar-refractivity contribution in [2.45, 2.75) is 71.2 Å². The normalized spacial score (nSPS) is 26.7. The van der Waals surface area contributed by atoms with Crippen molar-refractivity contribution in [2.24, 2.45) is 11.3 Å². The molecule has 164 valence electrons. The first-order chi connectivity index (χ1) is 14.2. The number of rotatable bonds is 5. The number of benzene rings is 1. The predicted octanol–water partition coefficient (Wildman–Crippen LogP) is 3.97. The molecule has 0 spiro atoms. The third-order valence-electron chi connectivity index (χ3n) is 6.07. The van der Waals surface area contributed by atoms with Crippen molar-refractivity contribution < 1.29 is 24.0 Å². The Hall–Kier alpha value is -2.64. The van der Waals surface area contributed by atoms with Crippen molar-refractivity contribution >= 4 is 12.1 Å². The van der Waals surface area contributed by atoms with Crippen LogP contribution in [-0.2, 0) is 14.3 Å². The minimum atomic E-state index is -1.17. The molecule has 30 heavy (non-hydrogen) atoms. The van der Waals surface area contributed by atoms with Crippen LogP contribution in [0.15, 0.2) is 30.3 Å². The molecule has 4 atom stereocenters. The molecular weight excluding hydrogens is 388 g/mol. The predicted molar refractivity (Wildman–Crippen MR) is 109 cm³/mol. The number of amides is 1. The summed E-state index contributed by atoms with van der Waals surface area (Å²) in [6, 6.07) is 5.65. The number of hydrogen-bond acceptors (Lipinski definition) is 6. The van der Waals surface area contributed by atoms with Crippen LogP contribution in [-0.4, -0.2) is 46.7 Å². The first-order valence-corrected chi connectivity index (χ1v) is 10.5. The van der Waals surface area contributed by atoms with Crippen molar-refractivity contribution in [2.75, 3.05) is 6.61 Å². The zero-order valence-electron chi connectivity index (χ0n) is 17.9. The number of nitro groups is 1. The summed E-state index contributed by atoms with van der Waals surface area (Å²) in [7, 11) is 0. The van der Waals surface area contributed by atoms with E-state index in [0.29, 0.717) is 5.56 Å². The lowest BCUT2D eigenvalue weighted by Gasteiger charge is -2.34. The van der Waals surface area contributed by atoms with Gasteiger partial charge in [0.25, 0.3) is 0 Å². The highest BCUT2D eigenvalue weighted by Gasteiger charge is 2.64. The lowest BCUT2D eigenvalue weighted by atomic mass is 9.73. The monoisotopic (exact) mass is 418 g/mol. The fourth-order valence-corrected chi connectivity index (χ4v) is 4.54. The van der Waals surface area contributed by atoms with Gasteiger partial charge < -0.3 is 9.47 Å². The first kappa shape index (κ1) is 22.1. The van der Waals surface area contributed by atoms with Gasteiger partial charge in [-0.05, 0) is 37.2 Å². The van der Waals surface area contributed by atoms with Crippen molar-refractivity contribution in [3.8, 4) is 0 Å². The molecule has 0 aromatic heterocycles. The lowest BCUT2D eigenvalue weighted by Crippen LogP contribution is -2.49. The lowest BCUT2D eigenvalue weighted by molar-refractivity contribution is -0.536. The largest absolute Gasteiger partial charge is 0.464 e. The standard InChI is InChI=1S/C22H30N2O6/c1-5-29-20(25)19-16(22(2,3)4)18(24(27)28)17(14-10-7-6-8-11-14)23(19)21(26)30-15-12-9-13-15/h6-8,10-11,15-19H,5,9,12-13H2,1-4H3/t16-,17-,18-,19-/m1/s1. The van der Waals surface area contributed by atoms with Gasteiger partial charge in [0.2, 0.25) is 6.04 Å². The van der Waals surface area contributed by atoms with Crippen molar-refractivity contribution in [1.29, 1.82) is 0 Å². The molecule has 3 rings (SSSR count). The van der Waals surface area contributed by atoms with Gasteiger partial charge in [-0.15, -0.1) is 0 Å². The number of hydrogen-bond donors (Lipinski definition) is 0. The van der Waals surface area contributed by atoms with Crippen molar-refractivity contribution in [3.05, 3.63) is 46.0 Å². The second-order valence-corrected chi connectivity index (χ2v) is 9.06. The maximum absolute atomic E-state index is 13.3. The summed E-state index contributed by atoms with van der Waals surface area (Å²) in [5.74, 6) is -1.38. The van der Waals surface area contributed by atoms with Crippen molar-refractivity contribution in [3.63, 3.8) is 0 Å². The Morgan fingerprint density at radius 3 is 2.30 bits per heavy atom. The average molecular weight is 418 g/mol. The highest BCUT2D eigenvalue weighted by Crippen LogP contribution is 2.49. The van der Waals surface area contributed by atoms with E-state index in [0.717, 1.165) is 19.3 Å². The summed E-state index contributed by atoms with van der Waals surface area (Å²) in [4.78, 5) is 39.5. The van der Waals surface area contributed by atoms with Crippen LogP contribution in [0.4, 0.5) is 4.79 Å². The van der Waals surface area contributed by atoms with Gasteiger partial charge in [0.15, 0.2) is 0 Å². The fraction of sp³-hybridized carbons (Fsp3) is 0.636. The maximum atomic E-state index is 13.3. The third kappa shape index (κ3) is 4.13. The molecule has 0 unspecified atom stereocenters. The van der Waals surface area contributed by atoms with E-state index in [1.807, 2.05) is 20.8 Å². The second-order valence-electron chi connectivity index (χ2n) is 9.06. The molecule has 8 nitrogen and oxygen atoms in total. The van der Waals surface area contributed by atoms with Crippen LogP contribution in [0, 0.1) is 21.4 Å². The molecule has 1 saturated carbocycles. The van der Waals surface area contributed by atoms with Gasteiger partial charge in [0.1, 0.15) is 18.2 Å². The summed E-state index contributed by atoms with van der Waals surface area (Å²) in [6.45, 7) is 7.35. The van der Waals surface area contributed by atoms with Crippen LogP contribution < -0.4 is 0 Å². The number of nitrogens with zero attached hydrogens (tertiary/aromatic N) is 2. The number of carbonyl (C=O) groups excluding carboxylic acids is 2. The Morgan fingerprint density at radius 1 is 1.20 bits per heavy atom. The number of carbonyl (C=O) groups is 2. The Bertz CT molecular complexity index is 787. The van der Waals surface area contributed by atoms with E-state index in [-0.39, 0.29) is 17.6 Å². The van der Waals surface area contributed by atoms with E-state index in [4.69, 9.17) is 9.47 Å². The summed E-state index contributed by atoms with van der Waals surface area (Å²) in [6.07, 6.45) is 1.61. The van der Waals surface area contributed by atoms with E-state index in [1.54, 1.807) is 37.3 Å². The Kier molecular flexibility index (Phi) is 6.33. The molecule has 1 aliphatic heterocycles. The molecular formula is C22H30N2O6. The zero-order chi connectivity index (χ0) is 22.1. The molecule has 2 fully saturated rings. The smallest absolute Gasteiger partial charge is 0.411 e. The first-order valence-electron chi connectivity index (χ1n) is 10.5. The second kappa shape index (κ2) is 8.62. The molecule has 2 aliphatic rings. The van der Waals surface area contributed by atoms with Gasteiger partial charge in [0, 0.05) is 4.92 Å².